The molecule has 1 aromatic carbocycles. The number of hydrogen-bond acceptors (Lipinski definition) is 3. The number of anilines is 1. The molecule has 4 N–H and O–H groups in total. The molecule has 2 unspecified atom stereocenters. The quantitative estimate of drug-likeness (QED) is 0.710. The van der Waals surface area contributed by atoms with E-state index < -0.39 is 12.0 Å². The second kappa shape index (κ2) is 3.72. The van der Waals surface area contributed by atoms with Gasteiger partial charge in [0.2, 0.25) is 0 Å². The van der Waals surface area contributed by atoms with E-state index in [2.05, 4.69) is 5.32 Å². The number of aliphatic carboxylic acids is 1. The summed E-state index contributed by atoms with van der Waals surface area (Å²) in [6.45, 7) is 0.520. The molecular weight excluding hydrogens is 216 g/mol. The lowest BCUT2D eigenvalue weighted by Gasteiger charge is -2.14. The fraction of sp³-hybridized carbons (Fsp3) is 0.300. The zero-order valence-corrected chi connectivity index (χ0v) is 8.66. The van der Waals surface area contributed by atoms with Crippen molar-refractivity contribution in [3.63, 3.8) is 0 Å². The molecule has 0 bridgehead atoms. The first kappa shape index (κ1) is 10.3. The van der Waals surface area contributed by atoms with E-state index in [1.807, 2.05) is 6.07 Å². The average molecular weight is 227 g/mol. The Morgan fingerprint density at radius 3 is 3.07 bits per heavy atom. The van der Waals surface area contributed by atoms with Crippen molar-refractivity contribution in [3.8, 4) is 0 Å². The number of para-hydroxylation sites is 1. The van der Waals surface area contributed by atoms with Crippen LogP contribution in [0.4, 0.5) is 5.69 Å². The molecule has 2 atom stereocenters. The van der Waals surface area contributed by atoms with Crippen LogP contribution in [-0.4, -0.2) is 23.7 Å². The van der Waals surface area contributed by atoms with Gasteiger partial charge < -0.3 is 16.2 Å². The van der Waals surface area contributed by atoms with Gasteiger partial charge in [-0.15, -0.1) is 0 Å². The highest BCUT2D eigenvalue weighted by Gasteiger charge is 2.32. The molecule has 4 nitrogen and oxygen atoms in total. The van der Waals surface area contributed by atoms with Gasteiger partial charge in [-0.3, -0.25) is 4.79 Å². The van der Waals surface area contributed by atoms with Crippen LogP contribution in [0.15, 0.2) is 18.2 Å². The van der Waals surface area contributed by atoms with Gasteiger partial charge in [0.05, 0.1) is 10.7 Å². The van der Waals surface area contributed by atoms with Crippen LogP contribution in [0.5, 0.6) is 0 Å². The Balaban J connectivity index is 2.37. The summed E-state index contributed by atoms with van der Waals surface area (Å²) in [6, 6.07) is 4.53. The summed E-state index contributed by atoms with van der Waals surface area (Å²) in [4.78, 5) is 10.8. The number of halogens is 1. The van der Waals surface area contributed by atoms with Crippen LogP contribution in [0, 0.1) is 0 Å². The zero-order valence-electron chi connectivity index (χ0n) is 7.90. The van der Waals surface area contributed by atoms with E-state index in [9.17, 15) is 4.79 Å². The Morgan fingerprint density at radius 2 is 2.40 bits per heavy atom. The lowest BCUT2D eigenvalue weighted by Crippen LogP contribution is -2.37. The van der Waals surface area contributed by atoms with Crippen LogP contribution in [0.2, 0.25) is 5.02 Å². The molecule has 1 heterocycles. The second-order valence-electron chi connectivity index (χ2n) is 3.56. The van der Waals surface area contributed by atoms with Crippen molar-refractivity contribution in [2.45, 2.75) is 12.0 Å². The topological polar surface area (TPSA) is 75.4 Å². The standard InChI is InChI=1S/C10H11ClN2O2/c11-7-3-1-2-5-6(4-13-9(5)7)8(12)10(14)15/h1-3,6,8,13H,4,12H2,(H,14,15). The van der Waals surface area contributed by atoms with E-state index in [1.54, 1.807) is 12.1 Å². The third-order valence-electron chi connectivity index (χ3n) is 2.66. The van der Waals surface area contributed by atoms with E-state index in [1.165, 1.54) is 0 Å². The van der Waals surface area contributed by atoms with E-state index in [4.69, 9.17) is 22.4 Å². The summed E-state index contributed by atoms with van der Waals surface area (Å²) in [5.41, 5.74) is 7.30. The zero-order chi connectivity index (χ0) is 11.0. The Kier molecular flexibility index (Phi) is 2.54. The Morgan fingerprint density at radius 1 is 1.67 bits per heavy atom. The van der Waals surface area contributed by atoms with Crippen LogP contribution in [0.1, 0.15) is 11.5 Å². The highest BCUT2D eigenvalue weighted by atomic mass is 35.5. The number of carbonyl (C=O) groups is 1. The van der Waals surface area contributed by atoms with Gasteiger partial charge in [-0.1, -0.05) is 23.7 Å². The second-order valence-corrected chi connectivity index (χ2v) is 3.96. The van der Waals surface area contributed by atoms with Crippen molar-refractivity contribution >= 4 is 23.3 Å². The first-order valence-corrected chi connectivity index (χ1v) is 4.99. The predicted molar refractivity (Wildman–Crippen MR) is 58.3 cm³/mol. The minimum Gasteiger partial charge on any atom is -0.480 e. The normalized spacial score (nSPS) is 20.5. The molecule has 2 rings (SSSR count). The van der Waals surface area contributed by atoms with Gasteiger partial charge >= 0.3 is 5.97 Å². The van der Waals surface area contributed by atoms with Crippen LogP contribution < -0.4 is 11.1 Å². The molecule has 0 saturated carbocycles. The van der Waals surface area contributed by atoms with Gasteiger partial charge in [0, 0.05) is 12.5 Å². The smallest absolute Gasteiger partial charge is 0.321 e. The lowest BCUT2D eigenvalue weighted by atomic mass is 9.94. The van der Waals surface area contributed by atoms with Crippen molar-refractivity contribution in [3.05, 3.63) is 28.8 Å². The highest BCUT2D eigenvalue weighted by Crippen LogP contribution is 2.37. The first-order valence-electron chi connectivity index (χ1n) is 4.62. The SMILES string of the molecule is NC(C(=O)O)C1CNc2c(Cl)cccc21. The Hall–Kier alpha value is -1.26. The fourth-order valence-electron chi connectivity index (χ4n) is 1.85. The first-order chi connectivity index (χ1) is 7.11. The van der Waals surface area contributed by atoms with Gasteiger partial charge in [-0.25, -0.2) is 0 Å². The molecule has 0 radical (unpaired) electrons. The average Bonchev–Trinajstić information content (AvgIpc) is 2.61. The number of carboxylic acids is 1. The van der Waals surface area contributed by atoms with Crippen LogP contribution >= 0.6 is 11.6 Å². The van der Waals surface area contributed by atoms with Gasteiger partial charge in [0.25, 0.3) is 0 Å². The summed E-state index contributed by atoms with van der Waals surface area (Å²) >= 11 is 5.97. The number of benzene rings is 1. The van der Waals surface area contributed by atoms with E-state index >= 15 is 0 Å². The molecule has 1 aliphatic rings. The molecule has 0 saturated heterocycles. The Labute approximate surface area is 92.0 Å². The minimum absolute atomic E-state index is 0.212. The maximum absolute atomic E-state index is 10.8. The molecular formula is C10H11ClN2O2. The van der Waals surface area contributed by atoms with Crippen LogP contribution in [0.3, 0.4) is 0 Å². The Bertz CT molecular complexity index is 408. The number of hydrogen-bond donors (Lipinski definition) is 3. The van der Waals surface area contributed by atoms with Gasteiger partial charge in [0.15, 0.2) is 0 Å². The molecule has 5 heteroatoms. The summed E-state index contributed by atoms with van der Waals surface area (Å²) in [5, 5.41) is 12.5. The molecule has 0 fully saturated rings. The summed E-state index contributed by atoms with van der Waals surface area (Å²) in [5.74, 6) is -1.20. The summed E-state index contributed by atoms with van der Waals surface area (Å²) in [6.07, 6.45) is 0. The molecule has 0 aromatic heterocycles. The number of fused-ring (bicyclic) bond motifs is 1. The number of rotatable bonds is 2. The number of nitrogens with one attached hydrogen (secondary N) is 1. The number of carboxylic acid groups (broad SMARTS) is 1. The highest BCUT2D eigenvalue weighted by molar-refractivity contribution is 6.33. The van der Waals surface area contributed by atoms with Gasteiger partial charge in [-0.2, -0.15) is 0 Å². The van der Waals surface area contributed by atoms with Crippen molar-refractivity contribution in [1.82, 2.24) is 0 Å². The summed E-state index contributed by atoms with van der Waals surface area (Å²) in [7, 11) is 0. The lowest BCUT2D eigenvalue weighted by molar-refractivity contribution is -0.138. The largest absolute Gasteiger partial charge is 0.480 e. The third-order valence-corrected chi connectivity index (χ3v) is 2.98. The molecule has 0 spiro atoms. The van der Waals surface area contributed by atoms with E-state index in [0.717, 1.165) is 11.3 Å². The molecule has 0 aliphatic carbocycles. The molecule has 15 heavy (non-hydrogen) atoms. The van der Waals surface area contributed by atoms with Crippen molar-refractivity contribution in [2.75, 3.05) is 11.9 Å². The summed E-state index contributed by atoms with van der Waals surface area (Å²) < 4.78 is 0. The third kappa shape index (κ3) is 1.66. The predicted octanol–water partition coefficient (Wildman–Crippen LogP) is 1.26. The van der Waals surface area contributed by atoms with Crippen molar-refractivity contribution in [1.29, 1.82) is 0 Å². The van der Waals surface area contributed by atoms with E-state index in [0.29, 0.717) is 11.6 Å². The molecule has 1 aromatic rings. The molecule has 0 amide bonds. The van der Waals surface area contributed by atoms with Gasteiger partial charge in [0.1, 0.15) is 6.04 Å². The monoisotopic (exact) mass is 226 g/mol. The van der Waals surface area contributed by atoms with E-state index in [-0.39, 0.29) is 5.92 Å². The van der Waals surface area contributed by atoms with Crippen molar-refractivity contribution < 1.29 is 9.90 Å². The maximum Gasteiger partial charge on any atom is 0.321 e. The van der Waals surface area contributed by atoms with Crippen LogP contribution in [-0.2, 0) is 4.79 Å². The van der Waals surface area contributed by atoms with Crippen molar-refractivity contribution in [2.24, 2.45) is 5.73 Å². The maximum atomic E-state index is 10.8. The molecule has 1 aliphatic heterocycles. The van der Waals surface area contributed by atoms with Gasteiger partial charge in [-0.05, 0) is 11.6 Å². The molecule has 80 valence electrons. The number of nitrogens with two attached hydrogens (primary N) is 1. The fourth-order valence-corrected chi connectivity index (χ4v) is 2.10. The van der Waals surface area contributed by atoms with Crippen LogP contribution in [0.25, 0.3) is 0 Å². The minimum atomic E-state index is -0.991.